The molecule has 8 heteroatoms. The van der Waals surface area contributed by atoms with Crippen molar-refractivity contribution in [2.75, 3.05) is 13.2 Å². The fourth-order valence-electron chi connectivity index (χ4n) is 5.69. The molecule has 2 N–H and O–H groups in total. The Morgan fingerprint density at radius 2 is 1.93 bits per heavy atom. The molecule has 6 atom stereocenters. The molecule has 4 aliphatic carbocycles. The second-order valence-corrected chi connectivity index (χ2v) is 10.3. The Labute approximate surface area is 176 Å². The number of carbonyl (C=O) groups is 2. The van der Waals surface area contributed by atoms with Crippen molar-refractivity contribution >= 4 is 23.4 Å². The fraction of sp³-hybridized carbons (Fsp3) is 0.905. The molecule has 0 aromatic carbocycles. The first kappa shape index (κ1) is 21.3. The van der Waals surface area contributed by atoms with Crippen LogP contribution in [0.3, 0.4) is 0 Å². The monoisotopic (exact) mass is 430 g/mol. The lowest BCUT2D eigenvalue weighted by molar-refractivity contribution is -0.185. The summed E-state index contributed by atoms with van der Waals surface area (Å²) in [5, 5.41) is 5.68. The summed E-state index contributed by atoms with van der Waals surface area (Å²) in [6.45, 7) is 4.71. The van der Waals surface area contributed by atoms with Crippen LogP contribution in [0.25, 0.3) is 0 Å². The molecule has 5 fully saturated rings. The second-order valence-electron chi connectivity index (χ2n) is 9.77. The smallest absolute Gasteiger partial charge is 0.246 e. The number of rotatable bonds is 7. The van der Waals surface area contributed by atoms with Crippen LogP contribution in [-0.2, 0) is 19.1 Å². The second kappa shape index (κ2) is 7.97. The van der Waals surface area contributed by atoms with Gasteiger partial charge >= 0.3 is 0 Å². The molecule has 4 saturated carbocycles. The van der Waals surface area contributed by atoms with E-state index >= 15 is 0 Å². The minimum absolute atomic E-state index is 0.0664. The Kier molecular flexibility index (Phi) is 5.86. The van der Waals surface area contributed by atoms with Crippen molar-refractivity contribution in [3.63, 3.8) is 0 Å². The summed E-state index contributed by atoms with van der Waals surface area (Å²) >= 11 is 5.88. The molecule has 1 heterocycles. The topological polar surface area (TPSA) is 76.7 Å². The van der Waals surface area contributed by atoms with E-state index in [2.05, 4.69) is 24.5 Å². The zero-order valence-electron chi connectivity index (χ0n) is 17.2. The normalized spacial score (nSPS) is 45.8. The minimum Gasteiger partial charge on any atom is -0.375 e. The van der Waals surface area contributed by atoms with Crippen LogP contribution in [0.15, 0.2) is 0 Å². The third kappa shape index (κ3) is 4.28. The van der Waals surface area contributed by atoms with E-state index in [-0.39, 0.29) is 54.1 Å². The number of hydrogen-bond acceptors (Lipinski definition) is 4. The summed E-state index contributed by atoms with van der Waals surface area (Å²) < 4.78 is 25.0. The highest BCUT2D eigenvalue weighted by Gasteiger charge is 2.72. The van der Waals surface area contributed by atoms with Crippen molar-refractivity contribution in [2.24, 2.45) is 11.3 Å². The van der Waals surface area contributed by atoms with Crippen molar-refractivity contribution in [2.45, 2.75) is 94.2 Å². The molecule has 5 aliphatic rings. The molecule has 6 unspecified atom stereocenters. The van der Waals surface area contributed by atoms with E-state index in [1.807, 2.05) is 0 Å². The number of halogens is 2. The highest BCUT2D eigenvalue weighted by Crippen LogP contribution is 2.67. The Bertz CT molecular complexity index is 643. The molecule has 1 saturated heterocycles. The maximum absolute atomic E-state index is 13.7. The molecule has 1 aliphatic heterocycles. The van der Waals surface area contributed by atoms with Crippen molar-refractivity contribution in [1.29, 1.82) is 0 Å². The van der Waals surface area contributed by atoms with Gasteiger partial charge in [-0.1, -0.05) is 0 Å². The van der Waals surface area contributed by atoms with Crippen LogP contribution >= 0.6 is 11.6 Å². The summed E-state index contributed by atoms with van der Waals surface area (Å²) in [4.78, 5) is 24.8. The molecule has 29 heavy (non-hydrogen) atoms. The molecule has 2 amide bonds. The van der Waals surface area contributed by atoms with Crippen LogP contribution in [0.5, 0.6) is 0 Å². The predicted molar refractivity (Wildman–Crippen MR) is 106 cm³/mol. The molecule has 164 valence electrons. The van der Waals surface area contributed by atoms with E-state index in [0.717, 1.165) is 6.42 Å². The van der Waals surface area contributed by atoms with Crippen molar-refractivity contribution in [1.82, 2.24) is 10.6 Å². The van der Waals surface area contributed by atoms with Gasteiger partial charge < -0.3 is 20.1 Å². The van der Waals surface area contributed by atoms with Gasteiger partial charge in [0.25, 0.3) is 0 Å². The zero-order chi connectivity index (χ0) is 20.8. The van der Waals surface area contributed by atoms with Gasteiger partial charge in [-0.25, -0.2) is 4.39 Å². The van der Waals surface area contributed by atoms with E-state index in [4.69, 9.17) is 21.1 Å². The minimum atomic E-state index is -1.07. The molecular weight excluding hydrogens is 399 g/mol. The Hall–Kier alpha value is -0.920. The summed E-state index contributed by atoms with van der Waals surface area (Å²) in [5.74, 6) is 0.279. The Balaban J connectivity index is 1.14. The van der Waals surface area contributed by atoms with E-state index in [1.165, 1.54) is 0 Å². The molecule has 6 nitrogen and oxygen atoms in total. The number of alkyl halides is 2. The van der Waals surface area contributed by atoms with Gasteiger partial charge in [0.05, 0.1) is 29.1 Å². The summed E-state index contributed by atoms with van der Waals surface area (Å²) in [5.41, 5.74) is -0.574. The van der Waals surface area contributed by atoms with Crippen LogP contribution < -0.4 is 10.6 Å². The average Bonchev–Trinajstić information content (AvgIpc) is 2.93. The highest BCUT2D eigenvalue weighted by molar-refractivity contribution is 6.21. The molecule has 0 aromatic heterocycles. The first-order chi connectivity index (χ1) is 13.7. The summed E-state index contributed by atoms with van der Waals surface area (Å²) in [6, 6.07) is 0. The van der Waals surface area contributed by atoms with Crippen molar-refractivity contribution in [3.8, 4) is 0 Å². The Morgan fingerprint density at radius 1 is 1.21 bits per heavy atom. The first-order valence-electron chi connectivity index (χ1n) is 10.8. The van der Waals surface area contributed by atoms with Gasteiger partial charge in [-0.2, -0.15) is 0 Å². The third-order valence-electron chi connectivity index (χ3n) is 7.28. The highest BCUT2D eigenvalue weighted by atomic mass is 35.5. The van der Waals surface area contributed by atoms with Crippen LogP contribution in [0.4, 0.5) is 4.39 Å². The summed E-state index contributed by atoms with van der Waals surface area (Å²) in [6.07, 6.45) is 3.65. The number of nitrogens with one attached hydrogen (secondary N) is 2. The number of hydrogen-bond donors (Lipinski definition) is 2. The van der Waals surface area contributed by atoms with Crippen molar-refractivity contribution < 1.29 is 23.5 Å². The van der Waals surface area contributed by atoms with Gasteiger partial charge in [0.1, 0.15) is 12.8 Å². The van der Waals surface area contributed by atoms with Gasteiger partial charge in [0.15, 0.2) is 0 Å². The van der Waals surface area contributed by atoms with Crippen LogP contribution in [0.1, 0.15) is 58.8 Å². The van der Waals surface area contributed by atoms with E-state index in [9.17, 15) is 14.0 Å². The van der Waals surface area contributed by atoms with Crippen LogP contribution in [0, 0.1) is 11.3 Å². The zero-order valence-corrected chi connectivity index (χ0v) is 18.0. The van der Waals surface area contributed by atoms with Crippen LogP contribution in [-0.4, -0.2) is 60.4 Å². The quantitative estimate of drug-likeness (QED) is 0.608. The van der Waals surface area contributed by atoms with Gasteiger partial charge in [0.2, 0.25) is 11.8 Å². The number of amides is 2. The largest absolute Gasteiger partial charge is 0.375 e. The predicted octanol–water partition coefficient (Wildman–Crippen LogP) is 2.47. The molecule has 2 bridgehead atoms. The number of ether oxygens (including phenoxy) is 2. The van der Waals surface area contributed by atoms with E-state index in [1.54, 1.807) is 0 Å². The SMILES string of the molecule is CC1CC(CNC(=O)C23CC(NC(=O)COC4CCC(Cl)C(F)C4)(C2)C3)C(C)O1. The number of carbonyl (C=O) groups excluding carboxylic acids is 2. The molecule has 0 aromatic rings. The standard InChI is InChI=1S/C21H32ClFN2O4/c1-12-5-14(13(2)29-12)7-24-19(27)20-9-21(10-20,11-20)25-18(26)8-28-15-3-4-16(22)17(23)6-15/h12-17H,3-11H2,1-2H3,(H,24,27)(H,25,26). The first-order valence-corrected chi connectivity index (χ1v) is 11.3. The lowest BCUT2D eigenvalue weighted by Crippen LogP contribution is -2.78. The fourth-order valence-corrected chi connectivity index (χ4v) is 5.92. The van der Waals surface area contributed by atoms with E-state index in [0.29, 0.717) is 44.6 Å². The lowest BCUT2D eigenvalue weighted by Gasteiger charge is -2.69. The van der Waals surface area contributed by atoms with Gasteiger partial charge in [-0.15, -0.1) is 11.6 Å². The van der Waals surface area contributed by atoms with E-state index < -0.39 is 11.5 Å². The molecule has 0 radical (unpaired) electrons. The van der Waals surface area contributed by atoms with Crippen molar-refractivity contribution in [3.05, 3.63) is 0 Å². The van der Waals surface area contributed by atoms with Gasteiger partial charge in [-0.05, 0) is 52.4 Å². The molecule has 0 spiro atoms. The lowest BCUT2D eigenvalue weighted by atomic mass is 9.39. The third-order valence-corrected chi connectivity index (χ3v) is 7.77. The van der Waals surface area contributed by atoms with Gasteiger partial charge in [0, 0.05) is 24.4 Å². The maximum Gasteiger partial charge on any atom is 0.246 e. The molecule has 5 rings (SSSR count). The summed E-state index contributed by atoms with van der Waals surface area (Å²) in [7, 11) is 0. The van der Waals surface area contributed by atoms with Crippen LogP contribution in [0.2, 0.25) is 0 Å². The average molecular weight is 431 g/mol. The molecular formula is C21H32ClFN2O4. The van der Waals surface area contributed by atoms with Gasteiger partial charge in [-0.3, -0.25) is 9.59 Å². The Morgan fingerprint density at radius 3 is 2.55 bits per heavy atom. The maximum atomic E-state index is 13.7.